The molecule has 0 aliphatic rings. The summed E-state index contributed by atoms with van der Waals surface area (Å²) in [7, 11) is 0. The van der Waals surface area contributed by atoms with Crippen LogP contribution < -0.4 is 5.73 Å². The lowest BCUT2D eigenvalue weighted by molar-refractivity contribution is 0.506. The molecule has 3 nitrogen and oxygen atoms in total. The normalized spacial score (nSPS) is 11.2. The minimum absolute atomic E-state index is 0.434. The van der Waals surface area contributed by atoms with Gasteiger partial charge in [-0.1, -0.05) is 6.07 Å². The SMILES string of the molecule is Cc1nc2cc(N)ccc2n1Cc1ccc(F)c(F)c1. The van der Waals surface area contributed by atoms with Crippen molar-refractivity contribution in [2.45, 2.75) is 13.5 Å². The molecule has 5 heteroatoms. The maximum Gasteiger partial charge on any atom is 0.159 e. The summed E-state index contributed by atoms with van der Waals surface area (Å²) in [6.07, 6.45) is 0. The molecule has 0 bridgehead atoms. The molecule has 20 heavy (non-hydrogen) atoms. The van der Waals surface area contributed by atoms with Gasteiger partial charge < -0.3 is 10.3 Å². The predicted octanol–water partition coefficient (Wildman–Crippen LogP) is 3.25. The van der Waals surface area contributed by atoms with E-state index in [1.807, 2.05) is 17.6 Å². The lowest BCUT2D eigenvalue weighted by atomic mass is 10.2. The molecular formula is C15H13F2N3. The highest BCUT2D eigenvalue weighted by molar-refractivity contribution is 5.79. The summed E-state index contributed by atoms with van der Waals surface area (Å²) >= 11 is 0. The van der Waals surface area contributed by atoms with Crippen LogP contribution in [0, 0.1) is 18.6 Å². The van der Waals surface area contributed by atoms with Gasteiger partial charge in [0.05, 0.1) is 11.0 Å². The number of fused-ring (bicyclic) bond motifs is 1. The fraction of sp³-hybridized carbons (Fsp3) is 0.133. The number of rotatable bonds is 2. The Balaban J connectivity index is 2.05. The molecule has 0 fully saturated rings. The maximum absolute atomic E-state index is 13.3. The average molecular weight is 273 g/mol. The van der Waals surface area contributed by atoms with Gasteiger partial charge in [0, 0.05) is 12.2 Å². The Labute approximate surface area is 114 Å². The monoisotopic (exact) mass is 273 g/mol. The van der Waals surface area contributed by atoms with Gasteiger partial charge in [-0.25, -0.2) is 13.8 Å². The van der Waals surface area contributed by atoms with Crippen LogP contribution in [-0.4, -0.2) is 9.55 Å². The highest BCUT2D eigenvalue weighted by Crippen LogP contribution is 2.20. The zero-order valence-electron chi connectivity index (χ0n) is 10.9. The van der Waals surface area contributed by atoms with Gasteiger partial charge >= 0.3 is 0 Å². The molecule has 1 aromatic heterocycles. The molecule has 0 saturated carbocycles. The maximum atomic E-state index is 13.3. The van der Waals surface area contributed by atoms with E-state index in [1.165, 1.54) is 6.07 Å². The lowest BCUT2D eigenvalue weighted by Crippen LogP contribution is -2.03. The number of nitrogens with zero attached hydrogens (tertiary/aromatic N) is 2. The second kappa shape index (κ2) is 4.59. The minimum Gasteiger partial charge on any atom is -0.399 e. The molecule has 0 radical (unpaired) electrons. The van der Waals surface area contributed by atoms with Gasteiger partial charge in [0.25, 0.3) is 0 Å². The Morgan fingerprint density at radius 3 is 2.65 bits per heavy atom. The molecule has 0 aliphatic carbocycles. The van der Waals surface area contributed by atoms with Crippen LogP contribution in [0.25, 0.3) is 11.0 Å². The van der Waals surface area contributed by atoms with Crippen molar-refractivity contribution in [1.82, 2.24) is 9.55 Å². The van der Waals surface area contributed by atoms with Crippen LogP contribution in [-0.2, 0) is 6.54 Å². The molecule has 0 amide bonds. The summed E-state index contributed by atoms with van der Waals surface area (Å²) in [4.78, 5) is 4.43. The van der Waals surface area contributed by atoms with Gasteiger partial charge in [-0.05, 0) is 42.8 Å². The lowest BCUT2D eigenvalue weighted by Gasteiger charge is -2.07. The predicted molar refractivity (Wildman–Crippen MR) is 74.3 cm³/mol. The van der Waals surface area contributed by atoms with Gasteiger partial charge in [0.15, 0.2) is 11.6 Å². The zero-order chi connectivity index (χ0) is 14.3. The van der Waals surface area contributed by atoms with E-state index in [1.54, 1.807) is 18.2 Å². The fourth-order valence-electron chi connectivity index (χ4n) is 2.29. The molecule has 2 aromatic carbocycles. The van der Waals surface area contributed by atoms with Gasteiger partial charge in [-0.2, -0.15) is 0 Å². The van der Waals surface area contributed by atoms with Crippen LogP contribution in [0.15, 0.2) is 36.4 Å². The first-order valence-electron chi connectivity index (χ1n) is 6.21. The standard InChI is InChI=1S/C15H13F2N3/c1-9-19-14-7-11(18)3-5-15(14)20(9)8-10-2-4-12(16)13(17)6-10/h2-7H,8,18H2,1H3. The molecular weight excluding hydrogens is 260 g/mol. The number of aromatic nitrogens is 2. The number of hydrogen-bond acceptors (Lipinski definition) is 2. The molecule has 3 rings (SSSR count). The summed E-state index contributed by atoms with van der Waals surface area (Å²) in [5.74, 6) is -0.877. The summed E-state index contributed by atoms with van der Waals surface area (Å²) in [5, 5.41) is 0. The molecule has 0 aliphatic heterocycles. The Bertz CT molecular complexity index is 793. The van der Waals surface area contributed by atoms with E-state index < -0.39 is 11.6 Å². The number of nitrogen functional groups attached to an aromatic ring is 1. The molecule has 2 N–H and O–H groups in total. The van der Waals surface area contributed by atoms with Crippen molar-refractivity contribution in [2.24, 2.45) is 0 Å². The molecule has 0 atom stereocenters. The van der Waals surface area contributed by atoms with Crippen molar-refractivity contribution in [3.63, 3.8) is 0 Å². The average Bonchev–Trinajstić information content (AvgIpc) is 2.69. The van der Waals surface area contributed by atoms with Crippen molar-refractivity contribution in [3.05, 3.63) is 59.4 Å². The smallest absolute Gasteiger partial charge is 0.159 e. The fourth-order valence-corrected chi connectivity index (χ4v) is 2.29. The van der Waals surface area contributed by atoms with Crippen LogP contribution >= 0.6 is 0 Å². The Hall–Kier alpha value is -2.43. The second-order valence-electron chi connectivity index (χ2n) is 4.74. The first-order chi connectivity index (χ1) is 9.54. The van der Waals surface area contributed by atoms with Crippen LogP contribution in [0.3, 0.4) is 0 Å². The van der Waals surface area contributed by atoms with E-state index in [4.69, 9.17) is 5.73 Å². The molecule has 0 saturated heterocycles. The highest BCUT2D eigenvalue weighted by atomic mass is 19.2. The Morgan fingerprint density at radius 1 is 1.10 bits per heavy atom. The molecule has 1 heterocycles. The molecule has 102 valence electrons. The van der Waals surface area contributed by atoms with Crippen LogP contribution in [0.2, 0.25) is 0 Å². The Morgan fingerprint density at radius 2 is 1.90 bits per heavy atom. The van der Waals surface area contributed by atoms with E-state index in [0.717, 1.165) is 22.9 Å². The number of nitrogens with two attached hydrogens (primary N) is 1. The van der Waals surface area contributed by atoms with E-state index >= 15 is 0 Å². The van der Waals surface area contributed by atoms with Crippen LogP contribution in [0.1, 0.15) is 11.4 Å². The summed E-state index contributed by atoms with van der Waals surface area (Å²) in [6, 6.07) is 9.38. The summed E-state index contributed by atoms with van der Waals surface area (Å²) < 4.78 is 28.2. The number of benzene rings is 2. The first-order valence-corrected chi connectivity index (χ1v) is 6.21. The van der Waals surface area contributed by atoms with Crippen molar-refractivity contribution in [2.75, 3.05) is 5.73 Å². The Kier molecular flexibility index (Phi) is 2.89. The van der Waals surface area contributed by atoms with Crippen molar-refractivity contribution in [1.29, 1.82) is 0 Å². The van der Waals surface area contributed by atoms with Gasteiger partial charge in [0.2, 0.25) is 0 Å². The van der Waals surface area contributed by atoms with Gasteiger partial charge in [-0.3, -0.25) is 0 Å². The number of halogens is 2. The van der Waals surface area contributed by atoms with Gasteiger partial charge in [-0.15, -0.1) is 0 Å². The van der Waals surface area contributed by atoms with E-state index in [-0.39, 0.29) is 0 Å². The molecule has 0 unspecified atom stereocenters. The van der Waals surface area contributed by atoms with E-state index in [2.05, 4.69) is 4.98 Å². The molecule has 3 aromatic rings. The minimum atomic E-state index is -0.839. The van der Waals surface area contributed by atoms with E-state index in [0.29, 0.717) is 17.8 Å². The molecule has 0 spiro atoms. The summed E-state index contributed by atoms with van der Waals surface area (Å²) in [6.45, 7) is 2.31. The van der Waals surface area contributed by atoms with Crippen LogP contribution in [0.4, 0.5) is 14.5 Å². The third-order valence-corrected chi connectivity index (χ3v) is 3.29. The van der Waals surface area contributed by atoms with Crippen molar-refractivity contribution in [3.8, 4) is 0 Å². The number of aryl methyl sites for hydroxylation is 1. The van der Waals surface area contributed by atoms with Crippen molar-refractivity contribution < 1.29 is 8.78 Å². The summed E-state index contributed by atoms with van der Waals surface area (Å²) in [5.41, 5.74) is 8.78. The quantitative estimate of drug-likeness (QED) is 0.728. The van der Waals surface area contributed by atoms with E-state index in [9.17, 15) is 8.78 Å². The van der Waals surface area contributed by atoms with Gasteiger partial charge in [0.1, 0.15) is 5.82 Å². The zero-order valence-corrected chi connectivity index (χ0v) is 10.9. The number of imidazole rings is 1. The largest absolute Gasteiger partial charge is 0.399 e. The second-order valence-corrected chi connectivity index (χ2v) is 4.74. The van der Waals surface area contributed by atoms with Crippen molar-refractivity contribution >= 4 is 16.7 Å². The number of anilines is 1. The topological polar surface area (TPSA) is 43.8 Å². The third-order valence-electron chi connectivity index (χ3n) is 3.29. The first kappa shape index (κ1) is 12.6. The highest BCUT2D eigenvalue weighted by Gasteiger charge is 2.09. The third kappa shape index (κ3) is 2.11. The van der Waals surface area contributed by atoms with Crippen LogP contribution in [0.5, 0.6) is 0 Å². The number of hydrogen-bond donors (Lipinski definition) is 1.